The number of alkyl halides is 5. The molecule has 158 valence electrons. The summed E-state index contributed by atoms with van der Waals surface area (Å²) in [5.41, 5.74) is -0.313. The van der Waals surface area contributed by atoms with Gasteiger partial charge in [-0.2, -0.15) is 22.0 Å². The predicted molar refractivity (Wildman–Crippen MR) is 82.5 cm³/mol. The second kappa shape index (κ2) is 7.13. The van der Waals surface area contributed by atoms with Gasteiger partial charge >= 0.3 is 17.4 Å². The molecule has 5 nitrogen and oxygen atoms in total. The molecule has 5 atom stereocenters. The quantitative estimate of drug-likeness (QED) is 0.383. The zero-order valence-corrected chi connectivity index (χ0v) is 15.7. The van der Waals surface area contributed by atoms with Crippen LogP contribution in [0.15, 0.2) is 0 Å². The third kappa shape index (κ3) is 4.72. The molecule has 2 saturated carbocycles. The fourth-order valence-electron chi connectivity index (χ4n) is 4.70. The van der Waals surface area contributed by atoms with Gasteiger partial charge in [-0.05, 0) is 49.4 Å². The van der Waals surface area contributed by atoms with Gasteiger partial charge in [0.1, 0.15) is 0 Å². The van der Waals surface area contributed by atoms with E-state index in [1.807, 2.05) is 13.8 Å². The van der Waals surface area contributed by atoms with E-state index in [-0.39, 0.29) is 24.2 Å². The van der Waals surface area contributed by atoms with E-state index in [4.69, 9.17) is 0 Å². The minimum atomic E-state index is -6.68. The van der Waals surface area contributed by atoms with Crippen LogP contribution >= 0.6 is 0 Å². The number of rotatable bonds is 5. The van der Waals surface area contributed by atoms with Gasteiger partial charge in [-0.25, -0.2) is 8.42 Å². The van der Waals surface area contributed by atoms with Gasteiger partial charge in [-0.3, -0.25) is 4.79 Å². The zero-order chi connectivity index (χ0) is 20.8. The molecule has 2 bridgehead atoms. The largest absolute Gasteiger partial charge is 0.743 e. The van der Waals surface area contributed by atoms with Crippen molar-refractivity contribution in [2.75, 3.05) is 0 Å². The van der Waals surface area contributed by atoms with Crippen molar-refractivity contribution >= 4 is 16.1 Å². The van der Waals surface area contributed by atoms with Crippen molar-refractivity contribution in [3.05, 3.63) is 0 Å². The summed E-state index contributed by atoms with van der Waals surface area (Å²) in [5.74, 6) is -2.08. The number of esters is 1. The highest BCUT2D eigenvalue weighted by atomic mass is 32.2. The molecule has 2 aliphatic carbocycles. The van der Waals surface area contributed by atoms with E-state index < -0.39 is 39.5 Å². The number of ether oxygens (including phenoxy) is 1. The van der Waals surface area contributed by atoms with E-state index in [2.05, 4.69) is 4.74 Å². The second-order valence-corrected chi connectivity index (χ2v) is 9.56. The summed E-state index contributed by atoms with van der Waals surface area (Å²) < 4.78 is 101. The molecule has 0 radical (unpaired) electrons. The van der Waals surface area contributed by atoms with Crippen molar-refractivity contribution in [1.82, 2.24) is 0 Å². The Hall–Kier alpha value is -0.970. The van der Waals surface area contributed by atoms with E-state index in [0.29, 0.717) is 5.92 Å². The lowest BCUT2D eigenvalue weighted by Gasteiger charge is -2.48. The molecule has 0 aliphatic heterocycles. The number of carbonyl (C=O) groups is 1. The molecule has 2 rings (SSSR count). The molecule has 0 aromatic carbocycles. The SMILES string of the molecule is CCC1CC2CC(C(=O)OC(C(F)(F)F)C(F)(F)S(=O)(=O)[O-])CC(C)(C1)C2. The van der Waals surface area contributed by atoms with E-state index in [1.54, 1.807) is 0 Å². The van der Waals surface area contributed by atoms with Crippen molar-refractivity contribution in [2.45, 2.75) is 69.9 Å². The first-order chi connectivity index (χ1) is 12.1. The number of fused-ring (bicyclic) bond motifs is 2. The first-order valence-corrected chi connectivity index (χ1v) is 10.1. The number of carbonyl (C=O) groups excluding carboxylic acids is 1. The molecule has 2 fully saturated rings. The molecule has 11 heteroatoms. The molecule has 27 heavy (non-hydrogen) atoms. The van der Waals surface area contributed by atoms with Crippen molar-refractivity contribution < 1.29 is 44.5 Å². The minimum Gasteiger partial charge on any atom is -0.743 e. The summed E-state index contributed by atoms with van der Waals surface area (Å²) in [6.45, 7) is 3.93. The number of hydrogen-bond donors (Lipinski definition) is 0. The summed E-state index contributed by atoms with van der Waals surface area (Å²) in [5, 5.41) is -5.80. The Morgan fingerprint density at radius 1 is 1.19 bits per heavy atom. The predicted octanol–water partition coefficient (Wildman–Crippen LogP) is 3.84. The normalized spacial score (nSPS) is 33.4. The first kappa shape index (κ1) is 22.3. The molecule has 0 spiro atoms. The van der Waals surface area contributed by atoms with Gasteiger partial charge in [0, 0.05) is 0 Å². The molecule has 0 amide bonds. The Kier molecular flexibility index (Phi) is 5.89. The van der Waals surface area contributed by atoms with E-state index >= 15 is 0 Å². The van der Waals surface area contributed by atoms with Crippen LogP contribution in [0.1, 0.15) is 52.4 Å². The lowest BCUT2D eigenvalue weighted by atomic mass is 9.57. The highest BCUT2D eigenvalue weighted by molar-refractivity contribution is 7.86. The van der Waals surface area contributed by atoms with Gasteiger partial charge in [0.25, 0.3) is 6.10 Å². The topological polar surface area (TPSA) is 83.5 Å². The molecular weight excluding hydrogens is 399 g/mol. The smallest absolute Gasteiger partial charge is 0.432 e. The van der Waals surface area contributed by atoms with Crippen LogP contribution in [0.2, 0.25) is 0 Å². The molecule has 0 aromatic heterocycles. The highest BCUT2D eigenvalue weighted by Crippen LogP contribution is 2.53. The third-order valence-corrected chi connectivity index (χ3v) is 6.55. The van der Waals surface area contributed by atoms with Crippen LogP contribution in [0.25, 0.3) is 0 Å². The van der Waals surface area contributed by atoms with Crippen LogP contribution in [0.4, 0.5) is 22.0 Å². The van der Waals surface area contributed by atoms with Gasteiger partial charge in [0.2, 0.25) is 0 Å². The standard InChI is InChI=1S/C16H23F5O5S/c1-3-9-4-10-5-11(8-14(2,6-9)7-10)12(22)26-13(15(17,18)19)16(20,21)27(23,24)25/h9-11,13H,3-8H2,1-2H3,(H,23,24,25)/p-1. The van der Waals surface area contributed by atoms with Crippen LogP contribution in [0.3, 0.4) is 0 Å². The maximum atomic E-state index is 13.5. The third-order valence-electron chi connectivity index (χ3n) is 5.67. The summed E-state index contributed by atoms with van der Waals surface area (Å²) >= 11 is 0. The maximum absolute atomic E-state index is 13.5. The zero-order valence-electron chi connectivity index (χ0n) is 14.9. The van der Waals surface area contributed by atoms with Gasteiger partial charge in [0.15, 0.2) is 10.1 Å². The van der Waals surface area contributed by atoms with Crippen molar-refractivity contribution in [3.8, 4) is 0 Å². The molecule has 0 heterocycles. The molecule has 0 saturated heterocycles. The monoisotopic (exact) mass is 421 g/mol. The maximum Gasteiger partial charge on any atom is 0.432 e. The van der Waals surface area contributed by atoms with Gasteiger partial charge in [0.05, 0.1) is 5.92 Å². The summed E-state index contributed by atoms with van der Waals surface area (Å²) in [6.07, 6.45) is -6.55. The van der Waals surface area contributed by atoms with Gasteiger partial charge in [-0.1, -0.05) is 20.3 Å². The molecule has 5 unspecified atom stereocenters. The number of hydrogen-bond acceptors (Lipinski definition) is 5. The van der Waals surface area contributed by atoms with E-state index in [1.165, 1.54) is 0 Å². The summed E-state index contributed by atoms with van der Waals surface area (Å²) in [4.78, 5) is 12.2. The Morgan fingerprint density at radius 3 is 2.22 bits per heavy atom. The molecule has 0 N–H and O–H groups in total. The average molecular weight is 421 g/mol. The summed E-state index contributed by atoms with van der Waals surface area (Å²) in [7, 11) is -6.68. The Bertz CT molecular complexity index is 677. The lowest BCUT2D eigenvalue weighted by molar-refractivity contribution is -0.261. The van der Waals surface area contributed by atoms with Crippen molar-refractivity contribution in [1.29, 1.82) is 0 Å². The van der Waals surface area contributed by atoms with Crippen LogP contribution < -0.4 is 0 Å². The average Bonchev–Trinajstić information content (AvgIpc) is 2.47. The first-order valence-electron chi connectivity index (χ1n) is 8.69. The van der Waals surface area contributed by atoms with Gasteiger partial charge in [-0.15, -0.1) is 0 Å². The molecule has 0 aromatic rings. The fourth-order valence-corrected chi connectivity index (χ4v) is 5.15. The van der Waals surface area contributed by atoms with E-state index in [0.717, 1.165) is 25.7 Å². The van der Waals surface area contributed by atoms with Crippen LogP contribution in [0.5, 0.6) is 0 Å². The van der Waals surface area contributed by atoms with Gasteiger partial charge < -0.3 is 9.29 Å². The van der Waals surface area contributed by atoms with E-state index in [9.17, 15) is 39.7 Å². The highest BCUT2D eigenvalue weighted by Gasteiger charge is 2.63. The van der Waals surface area contributed by atoms with Crippen LogP contribution in [-0.4, -0.2) is 36.5 Å². The molecule has 2 aliphatic rings. The Labute approximate surface area is 154 Å². The number of halogens is 5. The summed E-state index contributed by atoms with van der Waals surface area (Å²) in [6, 6.07) is 0. The van der Waals surface area contributed by atoms with Crippen molar-refractivity contribution in [3.63, 3.8) is 0 Å². The Balaban J connectivity index is 2.20. The lowest BCUT2D eigenvalue weighted by Crippen LogP contribution is -2.53. The Morgan fingerprint density at radius 2 is 1.78 bits per heavy atom. The fraction of sp³-hybridized carbons (Fsp3) is 0.938. The molecular formula is C16H22F5O5S-. The van der Waals surface area contributed by atoms with Crippen LogP contribution in [-0.2, 0) is 19.6 Å². The second-order valence-electron chi connectivity index (χ2n) is 8.11. The van der Waals surface area contributed by atoms with Crippen molar-refractivity contribution in [2.24, 2.45) is 23.2 Å². The minimum absolute atomic E-state index is 0.0630. The van der Waals surface area contributed by atoms with Crippen LogP contribution in [0, 0.1) is 23.2 Å².